The highest BCUT2D eigenvalue weighted by Crippen LogP contribution is 2.19. The summed E-state index contributed by atoms with van der Waals surface area (Å²) in [6, 6.07) is 1.21. The number of hydroxylamine groups is 1. The molecule has 1 aromatic rings. The van der Waals surface area contributed by atoms with Crippen LogP contribution in [0.5, 0.6) is 0 Å². The van der Waals surface area contributed by atoms with Crippen LogP contribution in [0.15, 0.2) is 15.7 Å². The highest BCUT2D eigenvalue weighted by atomic mass is 32.2. The van der Waals surface area contributed by atoms with Crippen molar-refractivity contribution in [3.63, 3.8) is 0 Å². The Balaban J connectivity index is 3.07. The summed E-state index contributed by atoms with van der Waals surface area (Å²) in [5.41, 5.74) is 1.55. The van der Waals surface area contributed by atoms with Crippen LogP contribution >= 0.6 is 11.3 Å². The van der Waals surface area contributed by atoms with E-state index in [9.17, 15) is 13.2 Å². The first kappa shape index (κ1) is 10.2. The SMILES string of the molecule is CS(=O)(=O)c1cc(C(=O)NO)cs1. The zero-order chi connectivity index (χ0) is 10.1. The minimum atomic E-state index is -3.27. The molecule has 0 radical (unpaired) electrons. The first-order chi connectivity index (χ1) is 5.95. The Morgan fingerprint density at radius 3 is 2.62 bits per heavy atom. The number of thiophene rings is 1. The largest absolute Gasteiger partial charge is 0.288 e. The molecule has 72 valence electrons. The van der Waals surface area contributed by atoms with Gasteiger partial charge in [-0.15, -0.1) is 11.3 Å². The summed E-state index contributed by atoms with van der Waals surface area (Å²) in [5, 5.41) is 9.62. The van der Waals surface area contributed by atoms with Gasteiger partial charge in [0.2, 0.25) is 0 Å². The second-order valence-electron chi connectivity index (χ2n) is 2.37. The van der Waals surface area contributed by atoms with E-state index in [2.05, 4.69) is 0 Å². The Morgan fingerprint density at radius 1 is 1.62 bits per heavy atom. The molecule has 0 aliphatic rings. The van der Waals surface area contributed by atoms with E-state index in [0.717, 1.165) is 17.6 Å². The molecule has 0 saturated heterocycles. The van der Waals surface area contributed by atoms with Gasteiger partial charge < -0.3 is 0 Å². The van der Waals surface area contributed by atoms with Crippen molar-refractivity contribution in [1.82, 2.24) is 5.48 Å². The van der Waals surface area contributed by atoms with E-state index in [0.29, 0.717) is 0 Å². The average molecular weight is 221 g/mol. The Kier molecular flexibility index (Phi) is 2.69. The maximum absolute atomic E-state index is 11.0. The van der Waals surface area contributed by atoms with E-state index in [1.165, 1.54) is 16.9 Å². The maximum atomic E-state index is 11.0. The summed E-state index contributed by atoms with van der Waals surface area (Å²) in [6.07, 6.45) is 1.06. The summed E-state index contributed by atoms with van der Waals surface area (Å²) >= 11 is 0.940. The minimum absolute atomic E-state index is 0.103. The fraction of sp³-hybridized carbons (Fsp3) is 0.167. The van der Waals surface area contributed by atoms with Gasteiger partial charge in [0.05, 0.1) is 5.56 Å². The van der Waals surface area contributed by atoms with Crippen LogP contribution in [0.25, 0.3) is 0 Å². The van der Waals surface area contributed by atoms with E-state index in [4.69, 9.17) is 5.21 Å². The van der Waals surface area contributed by atoms with Crippen molar-refractivity contribution in [1.29, 1.82) is 0 Å². The van der Waals surface area contributed by atoms with Gasteiger partial charge in [0.15, 0.2) is 9.84 Å². The minimum Gasteiger partial charge on any atom is -0.288 e. The van der Waals surface area contributed by atoms with Gasteiger partial charge in [0.25, 0.3) is 5.91 Å². The van der Waals surface area contributed by atoms with E-state index in [-0.39, 0.29) is 9.77 Å². The molecule has 0 saturated carbocycles. The van der Waals surface area contributed by atoms with Gasteiger partial charge in [-0.3, -0.25) is 10.0 Å². The second kappa shape index (κ2) is 3.44. The third-order valence-corrected chi connectivity index (χ3v) is 4.07. The zero-order valence-corrected chi connectivity index (χ0v) is 8.28. The lowest BCUT2D eigenvalue weighted by Crippen LogP contribution is -2.17. The fourth-order valence-corrected chi connectivity index (χ4v) is 2.49. The molecule has 2 N–H and O–H groups in total. The second-order valence-corrected chi connectivity index (χ2v) is 5.52. The van der Waals surface area contributed by atoms with Crippen LogP contribution in [0.2, 0.25) is 0 Å². The average Bonchev–Trinajstić information content (AvgIpc) is 2.50. The number of hydrogen-bond donors (Lipinski definition) is 2. The van der Waals surface area contributed by atoms with Crippen molar-refractivity contribution in [3.05, 3.63) is 17.0 Å². The van der Waals surface area contributed by atoms with Crippen LogP contribution in [0.1, 0.15) is 10.4 Å². The van der Waals surface area contributed by atoms with Crippen LogP contribution in [-0.2, 0) is 9.84 Å². The van der Waals surface area contributed by atoms with Crippen molar-refractivity contribution < 1.29 is 18.4 Å². The monoisotopic (exact) mass is 221 g/mol. The third-order valence-electron chi connectivity index (χ3n) is 1.30. The molecule has 7 heteroatoms. The van der Waals surface area contributed by atoms with Crippen molar-refractivity contribution in [2.45, 2.75) is 4.21 Å². The lowest BCUT2D eigenvalue weighted by Gasteiger charge is -1.91. The van der Waals surface area contributed by atoms with Gasteiger partial charge in [-0.05, 0) is 6.07 Å². The molecular formula is C6H7NO4S2. The number of nitrogens with one attached hydrogen (secondary N) is 1. The summed E-state index contributed by atoms with van der Waals surface area (Å²) in [6.45, 7) is 0. The fourth-order valence-electron chi connectivity index (χ4n) is 0.695. The first-order valence-electron chi connectivity index (χ1n) is 3.18. The molecule has 5 nitrogen and oxygen atoms in total. The summed E-state index contributed by atoms with van der Waals surface area (Å²) in [7, 11) is -3.27. The standard InChI is InChI=1S/C6H7NO4S2/c1-13(10,11)5-2-4(3-12-5)6(8)7-9/h2-3,9H,1H3,(H,7,8). The van der Waals surface area contributed by atoms with Gasteiger partial charge in [0.1, 0.15) is 4.21 Å². The molecule has 0 spiro atoms. The molecule has 0 aliphatic heterocycles. The van der Waals surface area contributed by atoms with Gasteiger partial charge in [-0.2, -0.15) is 0 Å². The van der Waals surface area contributed by atoms with Gasteiger partial charge in [-0.1, -0.05) is 0 Å². The van der Waals surface area contributed by atoms with Crippen LogP contribution in [-0.4, -0.2) is 25.8 Å². The molecule has 0 bridgehead atoms. The predicted molar refractivity (Wildman–Crippen MR) is 46.7 cm³/mol. The number of sulfone groups is 1. The molecule has 1 rings (SSSR count). The number of rotatable bonds is 2. The van der Waals surface area contributed by atoms with Crippen molar-refractivity contribution >= 4 is 27.1 Å². The molecule has 0 unspecified atom stereocenters. The third kappa shape index (κ3) is 2.27. The van der Waals surface area contributed by atoms with Crippen LogP contribution in [0.4, 0.5) is 0 Å². The number of hydrogen-bond acceptors (Lipinski definition) is 5. The summed E-state index contributed by atoms with van der Waals surface area (Å²) in [5.74, 6) is -0.717. The van der Waals surface area contributed by atoms with Crippen LogP contribution < -0.4 is 5.48 Å². The topological polar surface area (TPSA) is 83.5 Å². The van der Waals surface area contributed by atoms with E-state index in [1.54, 1.807) is 0 Å². The molecule has 0 fully saturated rings. The highest BCUT2D eigenvalue weighted by molar-refractivity contribution is 7.92. The zero-order valence-electron chi connectivity index (χ0n) is 6.64. The Labute approximate surface area is 78.9 Å². The number of amides is 1. The van der Waals surface area contributed by atoms with E-state index >= 15 is 0 Å². The van der Waals surface area contributed by atoms with E-state index in [1.807, 2.05) is 0 Å². The number of carbonyl (C=O) groups excluding carboxylic acids is 1. The highest BCUT2D eigenvalue weighted by Gasteiger charge is 2.13. The van der Waals surface area contributed by atoms with Gasteiger partial charge in [0, 0.05) is 11.6 Å². The van der Waals surface area contributed by atoms with Crippen LogP contribution in [0, 0.1) is 0 Å². The molecule has 0 atom stereocenters. The Hall–Kier alpha value is -0.920. The van der Waals surface area contributed by atoms with Crippen molar-refractivity contribution in [3.8, 4) is 0 Å². The molecule has 1 heterocycles. The Bertz CT molecular complexity index is 420. The Morgan fingerprint density at radius 2 is 2.23 bits per heavy atom. The van der Waals surface area contributed by atoms with E-state index < -0.39 is 15.7 Å². The van der Waals surface area contributed by atoms with Crippen LogP contribution in [0.3, 0.4) is 0 Å². The lowest BCUT2D eigenvalue weighted by molar-refractivity contribution is 0.0707. The maximum Gasteiger partial charge on any atom is 0.275 e. The smallest absolute Gasteiger partial charge is 0.275 e. The lowest BCUT2D eigenvalue weighted by atomic mass is 10.3. The predicted octanol–water partition coefficient (Wildman–Crippen LogP) is 0.271. The summed E-state index contributed by atoms with van der Waals surface area (Å²) < 4.78 is 22.0. The molecule has 1 aromatic heterocycles. The molecule has 1 amide bonds. The molecule has 13 heavy (non-hydrogen) atoms. The van der Waals surface area contributed by atoms with Crippen molar-refractivity contribution in [2.75, 3.05) is 6.26 Å². The summed E-state index contributed by atoms with van der Waals surface area (Å²) in [4.78, 5) is 10.8. The van der Waals surface area contributed by atoms with Gasteiger partial charge in [-0.25, -0.2) is 13.9 Å². The molecule has 0 aromatic carbocycles. The number of carbonyl (C=O) groups is 1. The van der Waals surface area contributed by atoms with Crippen molar-refractivity contribution in [2.24, 2.45) is 0 Å². The molecule has 0 aliphatic carbocycles. The molecular weight excluding hydrogens is 214 g/mol. The van der Waals surface area contributed by atoms with Gasteiger partial charge >= 0.3 is 0 Å². The normalized spacial score (nSPS) is 11.2. The first-order valence-corrected chi connectivity index (χ1v) is 5.95. The quantitative estimate of drug-likeness (QED) is 0.554.